The molecule has 1 heterocycles. The van der Waals surface area contributed by atoms with E-state index in [2.05, 4.69) is 20.9 Å². The summed E-state index contributed by atoms with van der Waals surface area (Å²) in [6.45, 7) is 0. The fourth-order valence-corrected chi connectivity index (χ4v) is 2.32. The summed E-state index contributed by atoms with van der Waals surface area (Å²) in [5.41, 5.74) is 0. The number of rotatable bonds is 4. The van der Waals surface area contributed by atoms with Crippen LogP contribution in [-0.4, -0.2) is 20.8 Å². The van der Waals surface area contributed by atoms with Gasteiger partial charge in [0.2, 0.25) is 0 Å². The van der Waals surface area contributed by atoms with Crippen LogP contribution in [0.1, 0.15) is 6.42 Å². The standard InChI is InChI=1S/C8H9BrClNOS/c9-7-2-3-8(11-6-7)13(12)5-1-4-10/h2-3,6H,1,4-5H2. The van der Waals surface area contributed by atoms with E-state index in [9.17, 15) is 4.21 Å². The van der Waals surface area contributed by atoms with Gasteiger partial charge >= 0.3 is 0 Å². The van der Waals surface area contributed by atoms with Crippen LogP contribution in [0.15, 0.2) is 27.8 Å². The summed E-state index contributed by atoms with van der Waals surface area (Å²) in [5.74, 6) is 1.13. The van der Waals surface area contributed by atoms with E-state index in [0.717, 1.165) is 10.9 Å². The van der Waals surface area contributed by atoms with E-state index in [4.69, 9.17) is 11.6 Å². The lowest BCUT2D eigenvalue weighted by Gasteiger charge is -1.99. The van der Waals surface area contributed by atoms with Crippen molar-refractivity contribution >= 4 is 38.3 Å². The predicted octanol–water partition coefficient (Wildman–Crippen LogP) is 2.58. The third kappa shape index (κ3) is 3.75. The van der Waals surface area contributed by atoms with Crippen LogP contribution >= 0.6 is 27.5 Å². The first-order valence-corrected chi connectivity index (χ1v) is 6.44. The van der Waals surface area contributed by atoms with Crippen molar-refractivity contribution in [1.82, 2.24) is 4.98 Å². The molecule has 1 aromatic rings. The van der Waals surface area contributed by atoms with Gasteiger partial charge in [0.05, 0.1) is 10.8 Å². The summed E-state index contributed by atoms with van der Waals surface area (Å²) >= 11 is 8.76. The van der Waals surface area contributed by atoms with Gasteiger partial charge in [0, 0.05) is 22.3 Å². The molecule has 1 atom stereocenters. The van der Waals surface area contributed by atoms with E-state index in [1.807, 2.05) is 6.07 Å². The number of aromatic nitrogens is 1. The van der Waals surface area contributed by atoms with Crippen molar-refractivity contribution in [2.75, 3.05) is 11.6 Å². The van der Waals surface area contributed by atoms with Crippen LogP contribution in [0.5, 0.6) is 0 Å². The second-order valence-corrected chi connectivity index (χ2v) is 5.22. The maximum atomic E-state index is 11.5. The van der Waals surface area contributed by atoms with Crippen LogP contribution in [0.2, 0.25) is 0 Å². The first kappa shape index (κ1) is 11.1. The Kier molecular flexibility index (Phi) is 4.91. The van der Waals surface area contributed by atoms with Gasteiger partial charge in [-0.05, 0) is 34.5 Å². The molecule has 0 aliphatic rings. The zero-order valence-electron chi connectivity index (χ0n) is 6.87. The molecule has 0 saturated heterocycles. The molecular weight excluding hydrogens is 274 g/mol. The van der Waals surface area contributed by atoms with E-state index >= 15 is 0 Å². The van der Waals surface area contributed by atoms with Crippen molar-refractivity contribution in [3.05, 3.63) is 22.8 Å². The summed E-state index contributed by atoms with van der Waals surface area (Å²) in [7, 11) is -1.01. The Hall–Kier alpha value is 0.0700. The minimum absolute atomic E-state index is 0.544. The van der Waals surface area contributed by atoms with Crippen LogP contribution < -0.4 is 0 Å². The maximum Gasteiger partial charge on any atom is 0.127 e. The van der Waals surface area contributed by atoms with Crippen molar-refractivity contribution in [3.63, 3.8) is 0 Å². The van der Waals surface area contributed by atoms with Crippen LogP contribution in [0.25, 0.3) is 0 Å². The molecule has 0 saturated carbocycles. The lowest BCUT2D eigenvalue weighted by atomic mass is 10.5. The second kappa shape index (κ2) is 5.73. The summed E-state index contributed by atoms with van der Waals surface area (Å²) < 4.78 is 12.4. The SMILES string of the molecule is O=S(CCCCl)c1ccc(Br)cn1. The van der Waals surface area contributed by atoms with Gasteiger partial charge < -0.3 is 0 Å². The fourth-order valence-electron chi connectivity index (χ4n) is 0.787. The first-order valence-electron chi connectivity index (χ1n) is 3.80. The Bertz CT molecular complexity index is 291. The molecule has 0 aliphatic carbocycles. The first-order chi connectivity index (χ1) is 6.24. The van der Waals surface area contributed by atoms with Crippen LogP contribution in [0.3, 0.4) is 0 Å². The molecule has 1 unspecified atom stereocenters. The highest BCUT2D eigenvalue weighted by Gasteiger charge is 2.03. The normalized spacial score (nSPS) is 12.8. The molecule has 0 radical (unpaired) electrons. The smallest absolute Gasteiger partial charge is 0.127 e. The van der Waals surface area contributed by atoms with Gasteiger partial charge in [-0.25, -0.2) is 4.98 Å². The molecule has 0 aliphatic heterocycles. The molecule has 0 bridgehead atoms. The van der Waals surface area contributed by atoms with Crippen LogP contribution in [0.4, 0.5) is 0 Å². The molecule has 0 amide bonds. The molecule has 13 heavy (non-hydrogen) atoms. The third-order valence-electron chi connectivity index (χ3n) is 1.40. The quantitative estimate of drug-likeness (QED) is 0.795. The molecule has 1 aromatic heterocycles. The monoisotopic (exact) mass is 281 g/mol. The highest BCUT2D eigenvalue weighted by Crippen LogP contribution is 2.10. The molecule has 72 valence electrons. The van der Waals surface area contributed by atoms with Crippen molar-refractivity contribution in [1.29, 1.82) is 0 Å². The molecule has 0 fully saturated rings. The number of hydrogen-bond acceptors (Lipinski definition) is 2. The van der Waals surface area contributed by atoms with Gasteiger partial charge in [0.15, 0.2) is 0 Å². The van der Waals surface area contributed by atoms with Gasteiger partial charge in [-0.15, -0.1) is 11.6 Å². The lowest BCUT2D eigenvalue weighted by Crippen LogP contribution is -2.00. The van der Waals surface area contributed by atoms with Gasteiger partial charge in [-0.1, -0.05) is 0 Å². The maximum absolute atomic E-state index is 11.5. The van der Waals surface area contributed by atoms with Crippen molar-refractivity contribution in [2.24, 2.45) is 0 Å². The van der Waals surface area contributed by atoms with Gasteiger partial charge in [0.25, 0.3) is 0 Å². The molecule has 0 spiro atoms. The largest absolute Gasteiger partial charge is 0.253 e. The van der Waals surface area contributed by atoms with E-state index in [1.54, 1.807) is 12.3 Å². The highest BCUT2D eigenvalue weighted by molar-refractivity contribution is 9.10. The Morgan fingerprint density at radius 1 is 1.54 bits per heavy atom. The lowest BCUT2D eigenvalue weighted by molar-refractivity contribution is 0.679. The number of alkyl halides is 1. The van der Waals surface area contributed by atoms with E-state index < -0.39 is 10.8 Å². The number of hydrogen-bond donors (Lipinski definition) is 0. The summed E-state index contributed by atoms with van der Waals surface area (Å²) in [4.78, 5) is 4.04. The van der Waals surface area contributed by atoms with E-state index in [0.29, 0.717) is 16.7 Å². The third-order valence-corrected chi connectivity index (χ3v) is 3.50. The predicted molar refractivity (Wildman–Crippen MR) is 58.5 cm³/mol. The van der Waals surface area contributed by atoms with Gasteiger partial charge in [-0.3, -0.25) is 4.21 Å². The molecule has 2 nitrogen and oxygen atoms in total. The van der Waals surface area contributed by atoms with Crippen LogP contribution in [-0.2, 0) is 10.8 Å². The Balaban J connectivity index is 2.61. The molecule has 1 rings (SSSR count). The minimum Gasteiger partial charge on any atom is -0.253 e. The zero-order chi connectivity index (χ0) is 9.68. The minimum atomic E-state index is -1.01. The highest BCUT2D eigenvalue weighted by atomic mass is 79.9. The van der Waals surface area contributed by atoms with Gasteiger partial charge in [-0.2, -0.15) is 0 Å². The van der Waals surface area contributed by atoms with Gasteiger partial charge in [0.1, 0.15) is 5.03 Å². The second-order valence-electron chi connectivity index (χ2n) is 2.41. The number of nitrogens with zero attached hydrogens (tertiary/aromatic N) is 1. The molecule has 5 heteroatoms. The molecule has 0 N–H and O–H groups in total. The Labute approximate surface area is 93.3 Å². The van der Waals surface area contributed by atoms with Crippen molar-refractivity contribution in [3.8, 4) is 0 Å². The average molecular weight is 283 g/mol. The Morgan fingerprint density at radius 2 is 2.31 bits per heavy atom. The summed E-state index contributed by atoms with van der Waals surface area (Å²) in [6.07, 6.45) is 2.40. The number of halogens is 2. The van der Waals surface area contributed by atoms with Crippen LogP contribution in [0, 0.1) is 0 Å². The topological polar surface area (TPSA) is 30.0 Å². The fraction of sp³-hybridized carbons (Fsp3) is 0.375. The number of pyridine rings is 1. The van der Waals surface area contributed by atoms with Crippen molar-refractivity contribution < 1.29 is 4.21 Å². The van der Waals surface area contributed by atoms with E-state index in [1.165, 1.54) is 0 Å². The van der Waals surface area contributed by atoms with Crippen molar-refractivity contribution in [2.45, 2.75) is 11.4 Å². The molecule has 0 aromatic carbocycles. The Morgan fingerprint density at radius 3 is 2.85 bits per heavy atom. The molecular formula is C8H9BrClNOS. The average Bonchev–Trinajstić information content (AvgIpc) is 2.15. The van der Waals surface area contributed by atoms with E-state index in [-0.39, 0.29) is 0 Å². The summed E-state index contributed by atoms with van der Waals surface area (Å²) in [5, 5.41) is 0.619. The summed E-state index contributed by atoms with van der Waals surface area (Å²) in [6, 6.07) is 3.59. The zero-order valence-corrected chi connectivity index (χ0v) is 10.0.